The minimum absolute atomic E-state index is 0.0833. The van der Waals surface area contributed by atoms with Crippen molar-refractivity contribution in [3.63, 3.8) is 0 Å². The van der Waals surface area contributed by atoms with Crippen LogP contribution in [0.1, 0.15) is 20.7 Å². The van der Waals surface area contributed by atoms with E-state index in [1.165, 1.54) is 35.8 Å². The van der Waals surface area contributed by atoms with E-state index in [4.69, 9.17) is 9.94 Å². The SMILES string of the molecule is C=CCOC(=O)c1cccc(C(=O)NO)c1.O=C1CO1. The van der Waals surface area contributed by atoms with E-state index in [0.29, 0.717) is 6.61 Å². The first-order chi connectivity index (χ1) is 9.58. The molecule has 2 rings (SSSR count). The number of carbonyl (C=O) groups excluding carboxylic acids is 3. The van der Waals surface area contributed by atoms with Crippen LogP contribution in [0.4, 0.5) is 0 Å². The highest BCUT2D eigenvalue weighted by molar-refractivity contribution is 5.97. The van der Waals surface area contributed by atoms with Gasteiger partial charge in [0, 0.05) is 5.56 Å². The van der Waals surface area contributed by atoms with Crippen molar-refractivity contribution in [2.24, 2.45) is 0 Å². The number of epoxide rings is 1. The van der Waals surface area contributed by atoms with Crippen LogP contribution in [0.2, 0.25) is 0 Å². The van der Waals surface area contributed by atoms with Crippen molar-refractivity contribution in [2.45, 2.75) is 0 Å². The molecular formula is C13H13NO6. The summed E-state index contributed by atoms with van der Waals surface area (Å²) < 4.78 is 8.86. The summed E-state index contributed by atoms with van der Waals surface area (Å²) in [5, 5.41) is 8.43. The van der Waals surface area contributed by atoms with Crippen LogP contribution in [0.15, 0.2) is 36.9 Å². The molecule has 7 heteroatoms. The molecule has 1 fully saturated rings. The molecule has 1 aliphatic rings. The van der Waals surface area contributed by atoms with E-state index in [0.717, 1.165) is 0 Å². The molecule has 2 N–H and O–H groups in total. The van der Waals surface area contributed by atoms with Crippen molar-refractivity contribution in [3.8, 4) is 0 Å². The molecule has 1 aromatic rings. The van der Waals surface area contributed by atoms with Crippen molar-refractivity contribution in [1.29, 1.82) is 0 Å². The van der Waals surface area contributed by atoms with E-state index in [9.17, 15) is 14.4 Å². The van der Waals surface area contributed by atoms with Gasteiger partial charge in [-0.2, -0.15) is 0 Å². The highest BCUT2D eigenvalue weighted by Gasteiger charge is 2.15. The largest absolute Gasteiger partial charge is 0.458 e. The van der Waals surface area contributed by atoms with Gasteiger partial charge in [0.15, 0.2) is 6.61 Å². The zero-order valence-electron chi connectivity index (χ0n) is 10.5. The molecule has 0 atom stereocenters. The lowest BCUT2D eigenvalue weighted by Gasteiger charge is -2.03. The van der Waals surface area contributed by atoms with E-state index in [1.807, 2.05) is 0 Å². The minimum Gasteiger partial charge on any atom is -0.458 e. The number of esters is 1. The summed E-state index contributed by atoms with van der Waals surface area (Å²) in [6, 6.07) is 5.83. The number of nitrogens with one attached hydrogen (secondary N) is 1. The molecule has 1 saturated heterocycles. The number of ether oxygens (including phenoxy) is 2. The van der Waals surface area contributed by atoms with E-state index in [-0.39, 0.29) is 23.7 Å². The van der Waals surface area contributed by atoms with Crippen LogP contribution >= 0.6 is 0 Å². The first kappa shape index (κ1) is 15.4. The lowest BCUT2D eigenvalue weighted by molar-refractivity contribution is -0.117. The van der Waals surface area contributed by atoms with Gasteiger partial charge in [0.2, 0.25) is 0 Å². The van der Waals surface area contributed by atoms with Crippen molar-refractivity contribution in [1.82, 2.24) is 5.48 Å². The van der Waals surface area contributed by atoms with E-state index >= 15 is 0 Å². The monoisotopic (exact) mass is 279 g/mol. The summed E-state index contributed by atoms with van der Waals surface area (Å²) in [6.45, 7) is 3.86. The van der Waals surface area contributed by atoms with Gasteiger partial charge in [-0.25, -0.2) is 15.1 Å². The fraction of sp³-hybridized carbons (Fsp3) is 0.154. The average Bonchev–Trinajstić information content (AvgIpc) is 3.27. The van der Waals surface area contributed by atoms with Crippen molar-refractivity contribution < 1.29 is 29.1 Å². The smallest absolute Gasteiger partial charge is 0.344 e. The normalized spacial score (nSPS) is 11.3. The molecule has 0 aromatic heterocycles. The number of hydrogen-bond acceptors (Lipinski definition) is 6. The molecule has 0 unspecified atom stereocenters. The lowest BCUT2D eigenvalue weighted by Crippen LogP contribution is -2.19. The maximum atomic E-state index is 11.4. The molecule has 1 amide bonds. The Bertz CT molecular complexity index is 519. The molecule has 0 spiro atoms. The zero-order valence-corrected chi connectivity index (χ0v) is 10.5. The Labute approximate surface area is 114 Å². The Morgan fingerprint density at radius 3 is 2.55 bits per heavy atom. The standard InChI is InChI=1S/C11H11NO4.C2H2O2/c1-2-6-16-11(14)9-5-3-4-8(7-9)10(13)12-15;3-2-1-4-2/h2-5,7,15H,1,6H2,(H,12,13);1H2. The Hall–Kier alpha value is -2.67. The van der Waals surface area contributed by atoms with E-state index in [2.05, 4.69) is 11.3 Å². The quantitative estimate of drug-likeness (QED) is 0.276. The van der Waals surface area contributed by atoms with Crippen LogP contribution in [0.5, 0.6) is 0 Å². The van der Waals surface area contributed by atoms with Gasteiger partial charge in [-0.15, -0.1) is 0 Å². The van der Waals surface area contributed by atoms with Gasteiger partial charge in [0.25, 0.3) is 5.91 Å². The molecule has 7 nitrogen and oxygen atoms in total. The fourth-order valence-electron chi connectivity index (χ4n) is 1.10. The van der Waals surface area contributed by atoms with Crippen LogP contribution in [0, 0.1) is 0 Å². The summed E-state index contributed by atoms with van der Waals surface area (Å²) in [5.41, 5.74) is 1.90. The second-order valence-corrected chi connectivity index (χ2v) is 3.57. The maximum absolute atomic E-state index is 11.4. The maximum Gasteiger partial charge on any atom is 0.344 e. The third-order valence-corrected chi connectivity index (χ3v) is 2.06. The van der Waals surface area contributed by atoms with Crippen LogP contribution in [-0.2, 0) is 14.3 Å². The molecule has 1 aliphatic heterocycles. The Kier molecular flexibility index (Phi) is 5.92. The van der Waals surface area contributed by atoms with Gasteiger partial charge < -0.3 is 9.47 Å². The number of cyclic esters (lactones) is 1. The van der Waals surface area contributed by atoms with Gasteiger partial charge in [0.05, 0.1) is 5.56 Å². The highest BCUT2D eigenvalue weighted by atomic mass is 16.6. The predicted octanol–water partition coefficient (Wildman–Crippen LogP) is 0.692. The van der Waals surface area contributed by atoms with Crippen LogP contribution in [0.25, 0.3) is 0 Å². The third kappa shape index (κ3) is 5.32. The van der Waals surface area contributed by atoms with Gasteiger partial charge in [-0.1, -0.05) is 18.7 Å². The summed E-state index contributed by atoms with van der Waals surface area (Å²) in [6.07, 6.45) is 1.45. The molecule has 0 radical (unpaired) electrons. The highest BCUT2D eigenvalue weighted by Crippen LogP contribution is 2.06. The Morgan fingerprint density at radius 2 is 2.05 bits per heavy atom. The molecule has 106 valence electrons. The Morgan fingerprint density at radius 1 is 1.45 bits per heavy atom. The minimum atomic E-state index is -0.682. The molecule has 0 aliphatic carbocycles. The van der Waals surface area contributed by atoms with Gasteiger partial charge >= 0.3 is 11.9 Å². The molecular weight excluding hydrogens is 266 g/mol. The topological polar surface area (TPSA) is 105 Å². The first-order valence-corrected chi connectivity index (χ1v) is 5.56. The van der Waals surface area contributed by atoms with Crippen molar-refractivity contribution >= 4 is 17.8 Å². The van der Waals surface area contributed by atoms with Gasteiger partial charge in [0.1, 0.15) is 6.61 Å². The van der Waals surface area contributed by atoms with Gasteiger partial charge in [-0.3, -0.25) is 10.0 Å². The summed E-state index contributed by atoms with van der Waals surface area (Å²) >= 11 is 0. The van der Waals surface area contributed by atoms with Crippen LogP contribution < -0.4 is 5.48 Å². The number of hydrogen-bond donors (Lipinski definition) is 2. The van der Waals surface area contributed by atoms with E-state index in [1.54, 1.807) is 0 Å². The molecule has 1 heterocycles. The fourth-order valence-corrected chi connectivity index (χ4v) is 1.10. The average molecular weight is 279 g/mol. The first-order valence-electron chi connectivity index (χ1n) is 5.56. The second kappa shape index (κ2) is 7.70. The third-order valence-electron chi connectivity index (χ3n) is 2.06. The Balaban J connectivity index is 0.000000425. The predicted molar refractivity (Wildman–Crippen MR) is 67.1 cm³/mol. The summed E-state index contributed by atoms with van der Waals surface area (Å²) in [7, 11) is 0. The van der Waals surface area contributed by atoms with Crippen molar-refractivity contribution in [3.05, 3.63) is 48.0 Å². The number of rotatable bonds is 4. The molecule has 20 heavy (non-hydrogen) atoms. The van der Waals surface area contributed by atoms with E-state index < -0.39 is 11.9 Å². The number of benzene rings is 1. The lowest BCUT2D eigenvalue weighted by atomic mass is 10.1. The molecule has 0 saturated carbocycles. The summed E-state index contributed by atoms with van der Waals surface area (Å²) in [5.74, 6) is -1.31. The molecule has 1 aromatic carbocycles. The molecule has 0 bridgehead atoms. The van der Waals surface area contributed by atoms with Crippen molar-refractivity contribution in [2.75, 3.05) is 13.2 Å². The number of carbonyl (C=O) groups is 3. The van der Waals surface area contributed by atoms with Gasteiger partial charge in [-0.05, 0) is 18.2 Å². The zero-order chi connectivity index (χ0) is 15.0. The summed E-state index contributed by atoms with van der Waals surface area (Å²) in [4.78, 5) is 31.8. The number of hydroxylamine groups is 1. The van der Waals surface area contributed by atoms with Crippen LogP contribution in [-0.4, -0.2) is 36.3 Å². The van der Waals surface area contributed by atoms with Crippen LogP contribution in [0.3, 0.4) is 0 Å². The second-order valence-electron chi connectivity index (χ2n) is 3.57. The number of amides is 1.